The number of amides is 1. The number of phenols is 1. The largest absolute Gasteiger partial charge is 0.507 e. The molecule has 0 saturated heterocycles. The molecule has 31 heavy (non-hydrogen) atoms. The topological polar surface area (TPSA) is 122 Å². The highest BCUT2D eigenvalue weighted by Gasteiger charge is 2.19. The molecule has 0 spiro atoms. The van der Waals surface area contributed by atoms with E-state index >= 15 is 0 Å². The lowest BCUT2D eigenvalue weighted by Crippen LogP contribution is -2.21. The maximum atomic E-state index is 12.2. The number of ether oxygens (including phenoxy) is 1. The predicted octanol–water partition coefficient (Wildman–Crippen LogP) is 4.36. The Morgan fingerprint density at radius 1 is 1.10 bits per heavy atom. The van der Waals surface area contributed by atoms with E-state index in [1.165, 1.54) is 36.4 Å². The molecule has 162 valence electrons. The molecule has 0 aliphatic carbocycles. The molecule has 1 aromatic heterocycles. The zero-order chi connectivity index (χ0) is 22.6. The molecule has 0 radical (unpaired) electrons. The zero-order valence-electron chi connectivity index (χ0n) is 15.5. The standard InChI is InChI=1S/C19H14Cl2N2O6S2/c20-11-3-6-15(14(21)8-11)22-17(25)10-29-19(26)13-5-4-12(9-16(13)24)23-31(27,28)18-2-1-7-30-18/h1-9,23-24H,10H2,(H,22,25). The van der Waals surface area contributed by atoms with E-state index in [0.29, 0.717) is 5.02 Å². The van der Waals surface area contributed by atoms with Crippen LogP contribution in [0.15, 0.2) is 58.1 Å². The van der Waals surface area contributed by atoms with E-state index < -0.39 is 34.3 Å². The van der Waals surface area contributed by atoms with Crippen LogP contribution < -0.4 is 10.0 Å². The molecule has 1 heterocycles. The zero-order valence-corrected chi connectivity index (χ0v) is 18.6. The molecule has 1 amide bonds. The summed E-state index contributed by atoms with van der Waals surface area (Å²) in [5, 5.41) is 14.8. The first kappa shape index (κ1) is 22.9. The van der Waals surface area contributed by atoms with Gasteiger partial charge in [-0.1, -0.05) is 29.3 Å². The molecule has 0 fully saturated rings. The van der Waals surface area contributed by atoms with Crippen LogP contribution in [0, 0.1) is 0 Å². The molecule has 3 N–H and O–H groups in total. The van der Waals surface area contributed by atoms with Crippen LogP contribution >= 0.6 is 34.5 Å². The summed E-state index contributed by atoms with van der Waals surface area (Å²) >= 11 is 12.8. The maximum absolute atomic E-state index is 12.2. The van der Waals surface area contributed by atoms with Crippen molar-refractivity contribution in [2.24, 2.45) is 0 Å². The molecule has 0 unspecified atom stereocenters. The second-order valence-corrected chi connectivity index (χ2v) is 9.72. The van der Waals surface area contributed by atoms with E-state index in [1.54, 1.807) is 11.4 Å². The van der Waals surface area contributed by atoms with Crippen molar-refractivity contribution < 1.29 is 27.9 Å². The summed E-state index contributed by atoms with van der Waals surface area (Å²) in [5.41, 5.74) is 0.103. The summed E-state index contributed by atoms with van der Waals surface area (Å²) < 4.78 is 31.7. The van der Waals surface area contributed by atoms with Crippen LogP contribution in [0.1, 0.15) is 10.4 Å². The van der Waals surface area contributed by atoms with Crippen LogP contribution in [-0.2, 0) is 19.6 Å². The maximum Gasteiger partial charge on any atom is 0.342 e. The second-order valence-electron chi connectivity index (χ2n) is 6.02. The summed E-state index contributed by atoms with van der Waals surface area (Å²) in [6.45, 7) is -0.635. The number of sulfonamides is 1. The minimum absolute atomic E-state index is 0.0533. The summed E-state index contributed by atoms with van der Waals surface area (Å²) in [5.74, 6) is -2.14. The number of anilines is 2. The Kier molecular flexibility index (Phi) is 7.06. The third-order valence-corrected chi connectivity index (χ3v) is 7.10. The number of carbonyl (C=O) groups excluding carboxylic acids is 2. The van der Waals surface area contributed by atoms with Gasteiger partial charge in [-0.15, -0.1) is 11.3 Å². The Morgan fingerprint density at radius 3 is 2.52 bits per heavy atom. The molecule has 12 heteroatoms. The summed E-state index contributed by atoms with van der Waals surface area (Å²) in [6.07, 6.45) is 0. The van der Waals surface area contributed by atoms with Gasteiger partial charge >= 0.3 is 5.97 Å². The lowest BCUT2D eigenvalue weighted by atomic mass is 10.2. The Labute approximate surface area is 191 Å². The molecule has 3 rings (SSSR count). The molecule has 3 aromatic rings. The minimum Gasteiger partial charge on any atom is -0.507 e. The SMILES string of the molecule is O=C(COC(=O)c1ccc(NS(=O)(=O)c2cccs2)cc1O)Nc1ccc(Cl)cc1Cl. The number of carbonyl (C=O) groups is 2. The summed E-state index contributed by atoms with van der Waals surface area (Å²) in [6, 6.07) is 11.0. The molecule has 0 aliphatic heterocycles. The molecule has 8 nitrogen and oxygen atoms in total. The van der Waals surface area contributed by atoms with Crippen molar-refractivity contribution in [2.45, 2.75) is 4.21 Å². The first-order valence-electron chi connectivity index (χ1n) is 8.47. The third-order valence-electron chi connectivity index (χ3n) is 3.77. The Balaban J connectivity index is 1.61. The number of aromatic hydroxyl groups is 1. The van der Waals surface area contributed by atoms with Crippen molar-refractivity contribution in [2.75, 3.05) is 16.6 Å². The van der Waals surface area contributed by atoms with E-state index in [1.807, 2.05) is 0 Å². The fourth-order valence-corrected chi connectivity index (χ4v) is 4.87. The molecular formula is C19H14Cl2N2O6S2. The van der Waals surface area contributed by atoms with E-state index in [4.69, 9.17) is 27.9 Å². The Bertz CT molecular complexity index is 1230. The molecule has 2 aromatic carbocycles. The fourth-order valence-electron chi connectivity index (χ4n) is 2.38. The fraction of sp³-hybridized carbons (Fsp3) is 0.0526. The van der Waals surface area contributed by atoms with Crippen molar-refractivity contribution >= 4 is 67.8 Å². The molecule has 0 aliphatic rings. The second kappa shape index (κ2) is 9.56. The highest BCUT2D eigenvalue weighted by atomic mass is 35.5. The van der Waals surface area contributed by atoms with Crippen molar-refractivity contribution in [3.8, 4) is 5.75 Å². The van der Waals surface area contributed by atoms with Gasteiger partial charge in [-0.2, -0.15) is 0 Å². The molecule has 0 atom stereocenters. The van der Waals surface area contributed by atoms with Gasteiger partial charge in [-0.05, 0) is 41.8 Å². The third kappa shape index (κ3) is 5.88. The van der Waals surface area contributed by atoms with E-state index in [-0.39, 0.29) is 26.2 Å². The van der Waals surface area contributed by atoms with Gasteiger partial charge in [0.15, 0.2) is 6.61 Å². The smallest absolute Gasteiger partial charge is 0.342 e. The summed E-state index contributed by atoms with van der Waals surface area (Å²) in [7, 11) is -3.81. The van der Waals surface area contributed by atoms with Gasteiger partial charge in [0.1, 0.15) is 15.5 Å². The van der Waals surface area contributed by atoms with Gasteiger partial charge < -0.3 is 15.2 Å². The first-order valence-corrected chi connectivity index (χ1v) is 11.6. The van der Waals surface area contributed by atoms with Crippen molar-refractivity contribution in [3.05, 3.63) is 69.5 Å². The number of nitrogens with one attached hydrogen (secondary N) is 2. The average Bonchev–Trinajstić information content (AvgIpc) is 3.24. The number of hydrogen-bond donors (Lipinski definition) is 3. The number of benzene rings is 2. The van der Waals surface area contributed by atoms with Crippen LogP contribution in [0.4, 0.5) is 11.4 Å². The number of phenolic OH excluding ortho intramolecular Hbond substituents is 1. The molecule has 0 saturated carbocycles. The minimum atomic E-state index is -3.81. The lowest BCUT2D eigenvalue weighted by molar-refractivity contribution is -0.119. The number of halogens is 2. The van der Waals surface area contributed by atoms with Crippen LogP contribution in [0.2, 0.25) is 10.0 Å². The average molecular weight is 501 g/mol. The van der Waals surface area contributed by atoms with Gasteiger partial charge in [0.05, 0.1) is 16.4 Å². The monoisotopic (exact) mass is 500 g/mol. The van der Waals surface area contributed by atoms with Crippen molar-refractivity contribution in [1.82, 2.24) is 0 Å². The summed E-state index contributed by atoms with van der Waals surface area (Å²) in [4.78, 5) is 24.1. The van der Waals surface area contributed by atoms with Crippen molar-refractivity contribution in [3.63, 3.8) is 0 Å². The van der Waals surface area contributed by atoms with Crippen LogP contribution in [0.25, 0.3) is 0 Å². The van der Waals surface area contributed by atoms with E-state index in [9.17, 15) is 23.1 Å². The van der Waals surface area contributed by atoms with Crippen LogP contribution in [-0.4, -0.2) is 32.0 Å². The molecular weight excluding hydrogens is 487 g/mol. The predicted molar refractivity (Wildman–Crippen MR) is 119 cm³/mol. The Morgan fingerprint density at radius 2 is 1.87 bits per heavy atom. The van der Waals surface area contributed by atoms with Gasteiger partial charge in [-0.3, -0.25) is 9.52 Å². The van der Waals surface area contributed by atoms with E-state index in [0.717, 1.165) is 17.4 Å². The van der Waals surface area contributed by atoms with Gasteiger partial charge in [-0.25, -0.2) is 13.2 Å². The normalized spacial score (nSPS) is 11.0. The van der Waals surface area contributed by atoms with Gasteiger partial charge in [0.25, 0.3) is 15.9 Å². The van der Waals surface area contributed by atoms with Crippen LogP contribution in [0.5, 0.6) is 5.75 Å². The first-order chi connectivity index (χ1) is 14.7. The van der Waals surface area contributed by atoms with Gasteiger partial charge in [0.2, 0.25) is 0 Å². The molecule has 0 bridgehead atoms. The highest BCUT2D eigenvalue weighted by molar-refractivity contribution is 7.94. The number of hydrogen-bond acceptors (Lipinski definition) is 7. The van der Waals surface area contributed by atoms with Crippen LogP contribution in [0.3, 0.4) is 0 Å². The lowest BCUT2D eigenvalue weighted by Gasteiger charge is -2.10. The number of rotatable bonds is 7. The number of thiophene rings is 1. The highest BCUT2D eigenvalue weighted by Crippen LogP contribution is 2.27. The van der Waals surface area contributed by atoms with Crippen molar-refractivity contribution in [1.29, 1.82) is 0 Å². The number of esters is 1. The van der Waals surface area contributed by atoms with Gasteiger partial charge in [0, 0.05) is 11.1 Å². The quantitative estimate of drug-likeness (QED) is 0.414. The van der Waals surface area contributed by atoms with E-state index in [2.05, 4.69) is 10.0 Å². The Hall–Kier alpha value is -2.79.